The molecule has 3 aromatic rings. The smallest absolute Gasteiger partial charge is 0.273 e. The largest absolute Gasteiger partial charge is 0.335 e. The molecule has 0 saturated carbocycles. The highest BCUT2D eigenvalue weighted by Crippen LogP contribution is 2.29. The number of fused-ring (bicyclic) bond motifs is 1. The highest BCUT2D eigenvalue weighted by Gasteiger charge is 2.27. The monoisotopic (exact) mass is 412 g/mol. The van der Waals surface area contributed by atoms with E-state index in [1.807, 2.05) is 15.4 Å². The van der Waals surface area contributed by atoms with E-state index in [0.717, 1.165) is 61.5 Å². The summed E-state index contributed by atoms with van der Waals surface area (Å²) >= 11 is 0. The molecule has 3 heterocycles. The van der Waals surface area contributed by atoms with Crippen molar-refractivity contribution in [3.63, 3.8) is 0 Å². The van der Waals surface area contributed by atoms with Gasteiger partial charge in [-0.2, -0.15) is 0 Å². The van der Waals surface area contributed by atoms with E-state index in [1.165, 1.54) is 11.1 Å². The van der Waals surface area contributed by atoms with Gasteiger partial charge in [0.1, 0.15) is 17.0 Å². The Morgan fingerprint density at radius 3 is 2.39 bits per heavy atom. The lowest BCUT2D eigenvalue weighted by molar-refractivity contribution is 0.0658. The Kier molecular flexibility index (Phi) is 5.20. The topological polar surface area (TPSA) is 40.9 Å². The number of benzene rings is 1. The molecule has 31 heavy (non-hydrogen) atoms. The number of amides is 1. The third-order valence-corrected chi connectivity index (χ3v) is 6.26. The van der Waals surface area contributed by atoms with E-state index in [4.69, 9.17) is 4.98 Å². The zero-order chi connectivity index (χ0) is 21.4. The first kappa shape index (κ1) is 19.8. The summed E-state index contributed by atoms with van der Waals surface area (Å²) in [5.41, 5.74) is 6.71. The lowest BCUT2D eigenvalue weighted by Gasteiger charge is -2.32. The number of piperazine rings is 1. The van der Waals surface area contributed by atoms with Crippen LogP contribution in [-0.2, 0) is 0 Å². The summed E-state index contributed by atoms with van der Waals surface area (Å²) in [5.74, 6) is 0.0569. The number of likely N-dealkylation sites (N-methyl/N-ethyl adjacent to an activating group) is 1. The number of hydrogen-bond donors (Lipinski definition) is 0. The van der Waals surface area contributed by atoms with Crippen molar-refractivity contribution < 1.29 is 4.79 Å². The van der Waals surface area contributed by atoms with Crippen molar-refractivity contribution in [2.24, 2.45) is 0 Å². The molecule has 5 heteroatoms. The van der Waals surface area contributed by atoms with E-state index < -0.39 is 0 Å². The molecule has 1 fully saturated rings. The molecule has 1 amide bonds. The molecule has 1 aliphatic carbocycles. The molecule has 5 nitrogen and oxygen atoms in total. The zero-order valence-electron chi connectivity index (χ0n) is 18.2. The minimum Gasteiger partial charge on any atom is -0.335 e. The van der Waals surface area contributed by atoms with Crippen molar-refractivity contribution in [2.45, 2.75) is 19.8 Å². The molecule has 1 aromatic carbocycles. The van der Waals surface area contributed by atoms with Gasteiger partial charge in [0, 0.05) is 37.9 Å². The van der Waals surface area contributed by atoms with Crippen LogP contribution in [0.25, 0.3) is 22.5 Å². The molecule has 5 rings (SSSR count). The Labute approximate surface area is 183 Å². The maximum absolute atomic E-state index is 13.7. The number of nitrogens with zero attached hydrogens (tertiary/aromatic N) is 4. The average molecular weight is 413 g/mol. The minimum atomic E-state index is 0.0569. The minimum absolute atomic E-state index is 0.0569. The number of hydrogen-bond acceptors (Lipinski definition) is 3. The number of allylic oxidation sites excluding steroid dienone is 4. The first-order valence-corrected chi connectivity index (χ1v) is 11.0. The third kappa shape index (κ3) is 3.81. The summed E-state index contributed by atoms with van der Waals surface area (Å²) in [7, 11) is 2.10. The van der Waals surface area contributed by atoms with Crippen LogP contribution >= 0.6 is 0 Å². The maximum atomic E-state index is 13.7. The molecule has 0 N–H and O–H groups in total. The number of aryl methyl sites for hydroxylation is 1. The Bertz CT molecular complexity index is 1180. The van der Waals surface area contributed by atoms with E-state index in [2.05, 4.69) is 73.6 Å². The van der Waals surface area contributed by atoms with Gasteiger partial charge in [0.05, 0.1) is 0 Å². The highest BCUT2D eigenvalue weighted by atomic mass is 16.2. The molecule has 2 aliphatic rings. The maximum Gasteiger partial charge on any atom is 0.273 e. The number of aromatic nitrogens is 2. The van der Waals surface area contributed by atoms with Crippen molar-refractivity contribution in [1.82, 2.24) is 19.2 Å². The zero-order valence-corrected chi connectivity index (χ0v) is 18.2. The van der Waals surface area contributed by atoms with E-state index >= 15 is 0 Å². The van der Waals surface area contributed by atoms with Crippen LogP contribution in [0.15, 0.2) is 60.8 Å². The van der Waals surface area contributed by atoms with Gasteiger partial charge in [0.2, 0.25) is 0 Å². The normalized spacial score (nSPS) is 17.2. The SMILES string of the molecule is Cc1ccc(-c2nc3ccc(C4=CCCC=C4)cn3c2C(=O)N2CCN(C)CC2)cc1. The molecule has 0 spiro atoms. The molecule has 1 aliphatic heterocycles. The van der Waals surface area contributed by atoms with Gasteiger partial charge in [0.25, 0.3) is 5.91 Å². The van der Waals surface area contributed by atoms with E-state index in [1.54, 1.807) is 0 Å². The van der Waals surface area contributed by atoms with Crippen LogP contribution < -0.4 is 0 Å². The lowest BCUT2D eigenvalue weighted by Crippen LogP contribution is -2.47. The highest BCUT2D eigenvalue weighted by molar-refractivity contribution is 6.00. The predicted octanol–water partition coefficient (Wildman–Crippen LogP) is 4.43. The van der Waals surface area contributed by atoms with Gasteiger partial charge in [-0.25, -0.2) is 4.98 Å². The van der Waals surface area contributed by atoms with Crippen molar-refractivity contribution in [2.75, 3.05) is 33.2 Å². The molecule has 1 saturated heterocycles. The van der Waals surface area contributed by atoms with Crippen LogP contribution in [0.2, 0.25) is 0 Å². The van der Waals surface area contributed by atoms with Crippen molar-refractivity contribution in [1.29, 1.82) is 0 Å². The number of carbonyl (C=O) groups is 1. The Morgan fingerprint density at radius 1 is 0.935 bits per heavy atom. The fourth-order valence-corrected chi connectivity index (χ4v) is 4.32. The molecule has 0 unspecified atom stereocenters. The lowest BCUT2D eigenvalue weighted by atomic mass is 10.0. The summed E-state index contributed by atoms with van der Waals surface area (Å²) in [4.78, 5) is 22.9. The van der Waals surface area contributed by atoms with Crippen LogP contribution in [0, 0.1) is 6.92 Å². The van der Waals surface area contributed by atoms with Crippen LogP contribution in [0.5, 0.6) is 0 Å². The van der Waals surface area contributed by atoms with E-state index in [-0.39, 0.29) is 5.91 Å². The average Bonchev–Trinajstić information content (AvgIpc) is 3.19. The van der Waals surface area contributed by atoms with Gasteiger partial charge in [-0.3, -0.25) is 9.20 Å². The van der Waals surface area contributed by atoms with Gasteiger partial charge in [-0.05, 0) is 50.1 Å². The summed E-state index contributed by atoms with van der Waals surface area (Å²) in [6, 6.07) is 12.4. The predicted molar refractivity (Wildman–Crippen MR) is 125 cm³/mol. The second-order valence-electron chi connectivity index (χ2n) is 8.56. The Morgan fingerprint density at radius 2 is 1.68 bits per heavy atom. The fourth-order valence-electron chi connectivity index (χ4n) is 4.32. The molecule has 0 radical (unpaired) electrons. The number of carbonyl (C=O) groups excluding carboxylic acids is 1. The first-order chi connectivity index (χ1) is 15.1. The summed E-state index contributed by atoms with van der Waals surface area (Å²) in [6.07, 6.45) is 10.9. The molecule has 2 aromatic heterocycles. The third-order valence-electron chi connectivity index (χ3n) is 6.26. The quantitative estimate of drug-likeness (QED) is 0.639. The van der Waals surface area contributed by atoms with E-state index in [0.29, 0.717) is 5.69 Å². The molecule has 158 valence electrons. The van der Waals surface area contributed by atoms with Crippen molar-refractivity contribution >= 4 is 17.1 Å². The molecular formula is C26H28N4O. The number of pyridine rings is 1. The van der Waals surface area contributed by atoms with Crippen LogP contribution in [-0.4, -0.2) is 58.3 Å². The van der Waals surface area contributed by atoms with Crippen LogP contribution in [0.1, 0.15) is 34.5 Å². The van der Waals surface area contributed by atoms with Gasteiger partial charge in [0.15, 0.2) is 0 Å². The van der Waals surface area contributed by atoms with Gasteiger partial charge in [-0.15, -0.1) is 0 Å². The van der Waals surface area contributed by atoms with Crippen LogP contribution in [0.3, 0.4) is 0 Å². The second-order valence-corrected chi connectivity index (χ2v) is 8.56. The molecular weight excluding hydrogens is 384 g/mol. The number of imidazole rings is 1. The van der Waals surface area contributed by atoms with Gasteiger partial charge in [-0.1, -0.05) is 48.1 Å². The van der Waals surface area contributed by atoms with Gasteiger partial charge < -0.3 is 9.80 Å². The van der Waals surface area contributed by atoms with E-state index in [9.17, 15) is 4.79 Å². The summed E-state index contributed by atoms with van der Waals surface area (Å²) in [6.45, 7) is 5.34. The Balaban J connectivity index is 1.65. The van der Waals surface area contributed by atoms with Crippen molar-refractivity contribution in [3.8, 4) is 11.3 Å². The molecule has 0 bridgehead atoms. The van der Waals surface area contributed by atoms with Crippen LogP contribution in [0.4, 0.5) is 0 Å². The second kappa shape index (κ2) is 8.16. The summed E-state index contributed by atoms with van der Waals surface area (Å²) < 4.78 is 1.99. The molecule has 0 atom stereocenters. The standard InChI is InChI=1S/C26H28N4O/c1-19-8-10-21(11-9-19)24-25(26(31)29-16-14-28(2)15-17-29)30-18-22(12-13-23(30)27-24)20-6-4-3-5-7-20/h4,6-13,18H,3,5,14-17H2,1-2H3. The van der Waals surface area contributed by atoms with Crippen molar-refractivity contribution in [3.05, 3.63) is 77.6 Å². The first-order valence-electron chi connectivity index (χ1n) is 11.0. The Hall–Kier alpha value is -3.18. The van der Waals surface area contributed by atoms with Gasteiger partial charge >= 0.3 is 0 Å². The fraction of sp³-hybridized carbons (Fsp3) is 0.308. The number of rotatable bonds is 3. The summed E-state index contributed by atoms with van der Waals surface area (Å²) in [5, 5.41) is 0.